The Morgan fingerprint density at radius 1 is 1.30 bits per heavy atom. The molecule has 0 fully saturated rings. The van der Waals surface area contributed by atoms with Gasteiger partial charge < -0.3 is 24.8 Å². The third-order valence-electron chi connectivity index (χ3n) is 3.19. The fraction of sp³-hybridized carbons (Fsp3) is 0.471. The summed E-state index contributed by atoms with van der Waals surface area (Å²) in [5.74, 6) is -0.371. The molecule has 128 valence electrons. The summed E-state index contributed by atoms with van der Waals surface area (Å²) < 4.78 is 10.8. The summed E-state index contributed by atoms with van der Waals surface area (Å²) in [5, 5.41) is 27.7. The summed E-state index contributed by atoms with van der Waals surface area (Å²) in [6, 6.07) is 6.94. The molecule has 3 N–H and O–H groups in total. The molecule has 6 nitrogen and oxygen atoms in total. The molecule has 23 heavy (non-hydrogen) atoms. The van der Waals surface area contributed by atoms with Gasteiger partial charge in [0.1, 0.15) is 18.5 Å². The van der Waals surface area contributed by atoms with Crippen molar-refractivity contribution in [1.29, 1.82) is 0 Å². The van der Waals surface area contributed by atoms with Crippen LogP contribution in [0.4, 0.5) is 0 Å². The first-order valence-electron chi connectivity index (χ1n) is 7.61. The van der Waals surface area contributed by atoms with Crippen LogP contribution in [0.1, 0.15) is 31.4 Å². The van der Waals surface area contributed by atoms with Crippen LogP contribution in [0.2, 0.25) is 0 Å². The normalized spacial score (nSPS) is 13.9. The topological polar surface area (TPSA) is 96.2 Å². The molecule has 0 aromatic heterocycles. The molecule has 1 aromatic rings. The molecule has 0 amide bonds. The Kier molecular flexibility index (Phi) is 8.97. The fourth-order valence-electron chi connectivity index (χ4n) is 2.13. The molecular weight excluding hydrogens is 300 g/mol. The highest BCUT2D eigenvalue weighted by Gasteiger charge is 2.20. The maximum atomic E-state index is 10.4. The van der Waals surface area contributed by atoms with Crippen LogP contribution in [0.3, 0.4) is 0 Å². The number of carboxylic acid groups (broad SMARTS) is 1. The number of carbonyl (C=O) groups is 1. The second kappa shape index (κ2) is 10.8. The first-order chi connectivity index (χ1) is 11.1. The van der Waals surface area contributed by atoms with E-state index in [4.69, 9.17) is 19.7 Å². The number of aliphatic carboxylic acids is 1. The summed E-state index contributed by atoms with van der Waals surface area (Å²) in [5.41, 5.74) is 0.696. The molecule has 0 aliphatic carbocycles. The molecular formula is C17H24O6. The zero-order valence-electron chi connectivity index (χ0n) is 13.2. The molecule has 0 unspecified atom stereocenters. The highest BCUT2D eigenvalue weighted by Crippen LogP contribution is 2.25. The predicted molar refractivity (Wildman–Crippen MR) is 85.4 cm³/mol. The molecule has 0 radical (unpaired) electrons. The second-order valence-corrected chi connectivity index (χ2v) is 4.90. The molecule has 0 bridgehead atoms. The van der Waals surface area contributed by atoms with E-state index in [0.29, 0.717) is 30.8 Å². The minimum absolute atomic E-state index is 0.0549. The van der Waals surface area contributed by atoms with Gasteiger partial charge in [-0.2, -0.15) is 0 Å². The lowest BCUT2D eigenvalue weighted by atomic mass is 10.0. The van der Waals surface area contributed by atoms with E-state index in [1.54, 1.807) is 30.3 Å². The predicted octanol–water partition coefficient (Wildman–Crippen LogP) is 1.92. The highest BCUT2D eigenvalue weighted by molar-refractivity contribution is 5.79. The molecule has 0 aliphatic heterocycles. The lowest BCUT2D eigenvalue weighted by Crippen LogP contribution is -2.22. The Morgan fingerprint density at radius 3 is 2.57 bits per heavy atom. The number of rotatable bonds is 11. The minimum Gasteiger partial charge on any atom is -0.491 e. The van der Waals surface area contributed by atoms with Gasteiger partial charge in [-0.1, -0.05) is 18.2 Å². The number of aliphatic hydroxyl groups excluding tert-OH is 2. The van der Waals surface area contributed by atoms with Crippen LogP contribution in [0.5, 0.6) is 5.75 Å². The summed E-state index contributed by atoms with van der Waals surface area (Å²) in [4.78, 5) is 10.4. The summed E-state index contributed by atoms with van der Waals surface area (Å²) in [7, 11) is 0. The van der Waals surface area contributed by atoms with E-state index in [1.165, 1.54) is 0 Å². The van der Waals surface area contributed by atoms with Crippen molar-refractivity contribution in [3.63, 3.8) is 0 Å². The van der Waals surface area contributed by atoms with Crippen LogP contribution >= 0.6 is 0 Å². The molecule has 0 saturated carbocycles. The lowest BCUT2D eigenvalue weighted by molar-refractivity contribution is -0.131. The van der Waals surface area contributed by atoms with Crippen molar-refractivity contribution in [1.82, 2.24) is 0 Å². The maximum absolute atomic E-state index is 10.4. The number of hydrogen-bond acceptors (Lipinski definition) is 5. The molecule has 1 aromatic carbocycles. The first kappa shape index (κ1) is 19.2. The average molecular weight is 324 g/mol. The van der Waals surface area contributed by atoms with Crippen LogP contribution in [0.25, 0.3) is 0 Å². The minimum atomic E-state index is -0.989. The van der Waals surface area contributed by atoms with Gasteiger partial charge in [-0.05, 0) is 37.5 Å². The summed E-state index contributed by atoms with van der Waals surface area (Å²) >= 11 is 0. The van der Waals surface area contributed by atoms with E-state index in [1.807, 2.05) is 6.92 Å². The van der Waals surface area contributed by atoms with Crippen molar-refractivity contribution < 1.29 is 29.6 Å². The van der Waals surface area contributed by atoms with Gasteiger partial charge in [0.05, 0.1) is 12.7 Å². The summed E-state index contributed by atoms with van der Waals surface area (Å²) in [6.45, 7) is 2.47. The third kappa shape index (κ3) is 7.27. The van der Waals surface area contributed by atoms with E-state index in [2.05, 4.69) is 0 Å². The molecule has 2 atom stereocenters. The van der Waals surface area contributed by atoms with Gasteiger partial charge in [0.15, 0.2) is 0 Å². The van der Waals surface area contributed by atoms with E-state index in [9.17, 15) is 9.90 Å². The van der Waals surface area contributed by atoms with E-state index in [-0.39, 0.29) is 13.2 Å². The van der Waals surface area contributed by atoms with Gasteiger partial charge in [-0.15, -0.1) is 0 Å². The van der Waals surface area contributed by atoms with Crippen molar-refractivity contribution >= 4 is 5.97 Å². The zero-order valence-corrected chi connectivity index (χ0v) is 13.2. The van der Waals surface area contributed by atoms with Crippen LogP contribution in [0.15, 0.2) is 36.4 Å². The van der Waals surface area contributed by atoms with Gasteiger partial charge in [-0.25, -0.2) is 4.79 Å². The Bertz CT molecular complexity index is 482. The second-order valence-electron chi connectivity index (χ2n) is 4.90. The van der Waals surface area contributed by atoms with Crippen LogP contribution in [-0.4, -0.2) is 47.2 Å². The lowest BCUT2D eigenvalue weighted by Gasteiger charge is -2.23. The van der Waals surface area contributed by atoms with Crippen LogP contribution < -0.4 is 4.74 Å². The fourth-order valence-corrected chi connectivity index (χ4v) is 2.13. The van der Waals surface area contributed by atoms with Gasteiger partial charge >= 0.3 is 5.97 Å². The quantitative estimate of drug-likeness (QED) is 0.538. The van der Waals surface area contributed by atoms with Crippen molar-refractivity contribution in [2.45, 2.75) is 32.0 Å². The maximum Gasteiger partial charge on any atom is 0.327 e. The van der Waals surface area contributed by atoms with E-state index in [0.717, 1.165) is 6.08 Å². The molecule has 0 heterocycles. The molecule has 0 aliphatic rings. The molecule has 6 heteroatoms. The van der Waals surface area contributed by atoms with Gasteiger partial charge in [0.2, 0.25) is 0 Å². The Hall–Kier alpha value is -1.89. The number of aliphatic hydroxyl groups is 2. The average Bonchev–Trinajstić information content (AvgIpc) is 2.55. The smallest absolute Gasteiger partial charge is 0.327 e. The SMILES string of the molecule is CCO[C@H](CC/C=C/C(=O)O)[C@H](O)c1ccc(OCCO)cc1. The van der Waals surface area contributed by atoms with Crippen LogP contribution in [0, 0.1) is 0 Å². The van der Waals surface area contributed by atoms with Crippen molar-refractivity contribution in [3.05, 3.63) is 42.0 Å². The summed E-state index contributed by atoms with van der Waals surface area (Å²) in [6.07, 6.45) is 2.44. The van der Waals surface area contributed by atoms with Crippen LogP contribution in [-0.2, 0) is 9.53 Å². The Labute approximate surface area is 136 Å². The van der Waals surface area contributed by atoms with Crippen molar-refractivity contribution in [3.8, 4) is 5.75 Å². The number of benzene rings is 1. The number of carboxylic acids is 1. The molecule has 0 saturated heterocycles. The monoisotopic (exact) mass is 324 g/mol. The zero-order chi connectivity index (χ0) is 17.1. The number of allylic oxidation sites excluding steroid dienone is 1. The highest BCUT2D eigenvalue weighted by atomic mass is 16.5. The number of hydrogen-bond donors (Lipinski definition) is 3. The van der Waals surface area contributed by atoms with Gasteiger partial charge in [-0.3, -0.25) is 0 Å². The van der Waals surface area contributed by atoms with Crippen molar-refractivity contribution in [2.75, 3.05) is 19.8 Å². The first-order valence-corrected chi connectivity index (χ1v) is 7.61. The van der Waals surface area contributed by atoms with Crippen molar-refractivity contribution in [2.24, 2.45) is 0 Å². The van der Waals surface area contributed by atoms with E-state index >= 15 is 0 Å². The largest absolute Gasteiger partial charge is 0.491 e. The Morgan fingerprint density at radius 2 is 2.00 bits per heavy atom. The third-order valence-corrected chi connectivity index (χ3v) is 3.19. The van der Waals surface area contributed by atoms with Gasteiger partial charge in [0.25, 0.3) is 0 Å². The van der Waals surface area contributed by atoms with Gasteiger partial charge in [0, 0.05) is 12.7 Å². The molecule has 1 rings (SSSR count). The molecule has 0 spiro atoms. The Balaban J connectivity index is 2.64. The standard InChI is InChI=1S/C17H24O6/c1-2-22-15(5-3-4-6-16(19)20)17(21)13-7-9-14(10-8-13)23-12-11-18/h4,6-10,15,17-18,21H,2-3,5,11-12H2,1H3,(H,19,20)/b6-4+/t15-,17-/m1/s1. The van der Waals surface area contributed by atoms with E-state index < -0.39 is 18.2 Å². The number of ether oxygens (including phenoxy) is 2.